The molecule has 0 saturated carbocycles. The van der Waals surface area contributed by atoms with E-state index in [0.29, 0.717) is 15.6 Å². The molecule has 1 aliphatic rings. The number of hydrogen-bond donors (Lipinski definition) is 1. The molecular formula is C20H20FN3OS. The van der Waals surface area contributed by atoms with Gasteiger partial charge in [-0.05, 0) is 62.0 Å². The Balaban J connectivity index is 1.77. The van der Waals surface area contributed by atoms with E-state index in [9.17, 15) is 9.18 Å². The van der Waals surface area contributed by atoms with Crippen molar-refractivity contribution in [3.8, 4) is 0 Å². The Morgan fingerprint density at radius 3 is 2.46 bits per heavy atom. The number of aliphatic imine (C=N–C) groups is 1. The number of amidine groups is 1. The zero-order valence-electron chi connectivity index (χ0n) is 14.7. The molecule has 1 aliphatic heterocycles. The number of hydrogen-bond acceptors (Lipinski definition) is 4. The highest BCUT2D eigenvalue weighted by Gasteiger charge is 2.24. The predicted molar refractivity (Wildman–Crippen MR) is 107 cm³/mol. The summed E-state index contributed by atoms with van der Waals surface area (Å²) in [5.41, 5.74) is 2.29. The van der Waals surface area contributed by atoms with Crippen LogP contribution in [0.4, 0.5) is 15.8 Å². The van der Waals surface area contributed by atoms with E-state index in [4.69, 9.17) is 0 Å². The molecule has 0 aliphatic carbocycles. The van der Waals surface area contributed by atoms with Crippen LogP contribution in [0.2, 0.25) is 0 Å². The number of nitrogens with zero attached hydrogens (tertiary/aromatic N) is 2. The molecule has 26 heavy (non-hydrogen) atoms. The van der Waals surface area contributed by atoms with Crippen LogP contribution in [0.15, 0.2) is 58.4 Å². The van der Waals surface area contributed by atoms with Crippen LogP contribution in [0.25, 0.3) is 6.08 Å². The Kier molecular flexibility index (Phi) is 5.73. The molecular weight excluding hydrogens is 349 g/mol. The van der Waals surface area contributed by atoms with Gasteiger partial charge in [-0.25, -0.2) is 9.38 Å². The van der Waals surface area contributed by atoms with Gasteiger partial charge in [-0.2, -0.15) is 0 Å². The first-order valence-electron chi connectivity index (χ1n) is 8.49. The third-order valence-corrected chi connectivity index (χ3v) is 4.96. The molecule has 1 N–H and O–H groups in total. The van der Waals surface area contributed by atoms with Gasteiger partial charge in [0.2, 0.25) is 0 Å². The lowest BCUT2D eigenvalue weighted by Gasteiger charge is -2.20. The minimum Gasteiger partial charge on any atom is -0.372 e. The zero-order valence-corrected chi connectivity index (χ0v) is 15.5. The molecule has 6 heteroatoms. The second kappa shape index (κ2) is 8.19. The average molecular weight is 369 g/mol. The highest BCUT2D eigenvalue weighted by atomic mass is 32.2. The fourth-order valence-electron chi connectivity index (χ4n) is 2.66. The number of rotatable bonds is 5. The molecule has 0 bridgehead atoms. The number of thioether (sulfide) groups is 1. The maximum absolute atomic E-state index is 13.8. The van der Waals surface area contributed by atoms with Crippen LogP contribution in [0, 0.1) is 5.82 Å². The molecule has 3 rings (SSSR count). The van der Waals surface area contributed by atoms with E-state index < -0.39 is 0 Å². The summed E-state index contributed by atoms with van der Waals surface area (Å²) in [6.07, 6.45) is 1.54. The third-order valence-electron chi connectivity index (χ3n) is 4.05. The van der Waals surface area contributed by atoms with Gasteiger partial charge in [-0.1, -0.05) is 18.2 Å². The average Bonchev–Trinajstić information content (AvgIpc) is 2.98. The molecule has 1 heterocycles. The van der Waals surface area contributed by atoms with Gasteiger partial charge in [0.15, 0.2) is 5.17 Å². The lowest BCUT2D eigenvalue weighted by atomic mass is 10.2. The quantitative estimate of drug-likeness (QED) is 0.786. The topological polar surface area (TPSA) is 44.7 Å². The van der Waals surface area contributed by atoms with Crippen molar-refractivity contribution in [2.45, 2.75) is 13.8 Å². The molecule has 1 amide bonds. The molecule has 0 spiro atoms. The molecule has 0 atom stereocenters. The van der Waals surface area contributed by atoms with Gasteiger partial charge < -0.3 is 10.2 Å². The van der Waals surface area contributed by atoms with Gasteiger partial charge >= 0.3 is 0 Å². The standard InChI is InChI=1S/C20H20FN3OS/c1-3-24(4-2)16-11-9-15(10-12-16)22-20-23-19(25)18(26-20)13-14-7-5-6-8-17(14)21/h5-13H,3-4H2,1-2H3,(H,22,23,25). The van der Waals surface area contributed by atoms with Crippen molar-refractivity contribution in [3.05, 3.63) is 64.8 Å². The second-order valence-electron chi connectivity index (χ2n) is 5.69. The van der Waals surface area contributed by atoms with Crippen LogP contribution in [0.1, 0.15) is 19.4 Å². The summed E-state index contributed by atoms with van der Waals surface area (Å²) >= 11 is 1.21. The van der Waals surface area contributed by atoms with Gasteiger partial charge in [-0.15, -0.1) is 0 Å². The Morgan fingerprint density at radius 2 is 1.81 bits per heavy atom. The monoisotopic (exact) mass is 369 g/mol. The fraction of sp³-hybridized carbons (Fsp3) is 0.200. The van der Waals surface area contributed by atoms with Crippen LogP contribution < -0.4 is 10.2 Å². The highest BCUT2D eigenvalue weighted by Crippen LogP contribution is 2.29. The van der Waals surface area contributed by atoms with Gasteiger partial charge in [0, 0.05) is 24.3 Å². The van der Waals surface area contributed by atoms with Crippen molar-refractivity contribution in [2.75, 3.05) is 18.0 Å². The molecule has 1 saturated heterocycles. The van der Waals surface area contributed by atoms with E-state index in [0.717, 1.165) is 24.5 Å². The molecule has 4 nitrogen and oxygen atoms in total. The van der Waals surface area contributed by atoms with Crippen LogP contribution in [-0.4, -0.2) is 24.2 Å². The number of amides is 1. The van der Waals surface area contributed by atoms with Crippen molar-refractivity contribution in [3.63, 3.8) is 0 Å². The van der Waals surface area contributed by atoms with E-state index in [1.54, 1.807) is 24.3 Å². The van der Waals surface area contributed by atoms with Crippen molar-refractivity contribution < 1.29 is 9.18 Å². The predicted octanol–water partition coefficient (Wildman–Crippen LogP) is 4.56. The van der Waals surface area contributed by atoms with Gasteiger partial charge in [0.25, 0.3) is 5.91 Å². The van der Waals surface area contributed by atoms with Gasteiger partial charge in [0.1, 0.15) is 5.82 Å². The van der Waals surface area contributed by atoms with E-state index >= 15 is 0 Å². The van der Waals surface area contributed by atoms with Gasteiger partial charge in [0.05, 0.1) is 10.6 Å². The van der Waals surface area contributed by atoms with Crippen molar-refractivity contribution in [1.29, 1.82) is 0 Å². The smallest absolute Gasteiger partial charge is 0.264 e. The summed E-state index contributed by atoms with van der Waals surface area (Å²) < 4.78 is 13.8. The number of carbonyl (C=O) groups is 1. The molecule has 2 aromatic rings. The number of benzene rings is 2. The molecule has 0 radical (unpaired) electrons. The molecule has 2 aromatic carbocycles. The first-order chi connectivity index (χ1) is 12.6. The minimum atomic E-state index is -0.356. The largest absolute Gasteiger partial charge is 0.372 e. The van der Waals surface area contributed by atoms with Gasteiger partial charge in [-0.3, -0.25) is 4.79 Å². The zero-order chi connectivity index (χ0) is 18.5. The Labute approximate surface area is 156 Å². The summed E-state index contributed by atoms with van der Waals surface area (Å²) in [5.74, 6) is -0.623. The van der Waals surface area contributed by atoms with Crippen molar-refractivity contribution >= 4 is 40.3 Å². The van der Waals surface area contributed by atoms with Crippen LogP contribution in [0.5, 0.6) is 0 Å². The van der Waals surface area contributed by atoms with Crippen molar-refractivity contribution in [2.24, 2.45) is 4.99 Å². The summed E-state index contributed by atoms with van der Waals surface area (Å²) in [6.45, 7) is 6.12. The lowest BCUT2D eigenvalue weighted by Crippen LogP contribution is -2.21. The molecule has 134 valence electrons. The Morgan fingerprint density at radius 1 is 1.12 bits per heavy atom. The summed E-state index contributed by atoms with van der Waals surface area (Å²) in [6, 6.07) is 14.2. The van der Waals surface area contributed by atoms with Crippen LogP contribution in [0.3, 0.4) is 0 Å². The number of carbonyl (C=O) groups excluding carboxylic acids is 1. The highest BCUT2D eigenvalue weighted by molar-refractivity contribution is 8.18. The third kappa shape index (κ3) is 4.14. The minimum absolute atomic E-state index is 0.267. The SMILES string of the molecule is CCN(CC)c1ccc(N=C2NC(=O)C(=Cc3ccccc3F)S2)cc1. The molecule has 0 aromatic heterocycles. The molecule has 0 unspecified atom stereocenters. The Bertz CT molecular complexity index is 858. The number of nitrogens with one attached hydrogen (secondary N) is 1. The fourth-order valence-corrected chi connectivity index (χ4v) is 3.49. The van der Waals surface area contributed by atoms with Crippen LogP contribution in [-0.2, 0) is 4.79 Å². The van der Waals surface area contributed by atoms with E-state index in [1.807, 2.05) is 24.3 Å². The first-order valence-corrected chi connectivity index (χ1v) is 9.31. The number of anilines is 1. The van der Waals surface area contributed by atoms with Crippen LogP contribution >= 0.6 is 11.8 Å². The number of halogens is 1. The Hall–Kier alpha value is -2.60. The molecule has 1 fully saturated rings. The second-order valence-corrected chi connectivity index (χ2v) is 6.72. The van der Waals surface area contributed by atoms with E-state index in [2.05, 4.69) is 29.1 Å². The van der Waals surface area contributed by atoms with Crippen molar-refractivity contribution in [1.82, 2.24) is 5.32 Å². The van der Waals surface area contributed by atoms with E-state index in [1.165, 1.54) is 17.8 Å². The summed E-state index contributed by atoms with van der Waals surface area (Å²) in [7, 11) is 0. The summed E-state index contributed by atoms with van der Waals surface area (Å²) in [4.78, 5) is 19.2. The maximum Gasteiger partial charge on any atom is 0.264 e. The summed E-state index contributed by atoms with van der Waals surface area (Å²) in [5, 5.41) is 3.22. The van der Waals surface area contributed by atoms with E-state index in [-0.39, 0.29) is 11.7 Å². The normalized spacial score (nSPS) is 17.0. The first kappa shape index (κ1) is 18.2. The maximum atomic E-state index is 13.8. The lowest BCUT2D eigenvalue weighted by molar-refractivity contribution is -0.115.